The third-order valence-corrected chi connectivity index (χ3v) is 6.30. The van der Waals surface area contributed by atoms with Crippen molar-refractivity contribution in [3.63, 3.8) is 0 Å². The first-order valence-corrected chi connectivity index (χ1v) is 9.57. The number of carbonyl (C=O) groups is 1. The van der Waals surface area contributed by atoms with Gasteiger partial charge in [-0.2, -0.15) is 4.31 Å². The summed E-state index contributed by atoms with van der Waals surface area (Å²) in [6.45, 7) is 1.05. The number of nitrogens with two attached hydrogens (primary N) is 1. The van der Waals surface area contributed by atoms with Crippen molar-refractivity contribution in [3.05, 3.63) is 52.9 Å². The van der Waals surface area contributed by atoms with Gasteiger partial charge in [0.1, 0.15) is 11.6 Å². The average molecular weight is 399 g/mol. The molecule has 1 saturated heterocycles. The van der Waals surface area contributed by atoms with Crippen LogP contribution in [0.15, 0.2) is 41.4 Å². The number of carbonyl (C=O) groups excluding carboxylic acids is 1. The average Bonchev–Trinajstić information content (AvgIpc) is 2.64. The molecule has 0 radical (unpaired) electrons. The van der Waals surface area contributed by atoms with Crippen molar-refractivity contribution in [1.29, 1.82) is 0 Å². The molecular weight excluding hydrogens is 383 g/mol. The summed E-state index contributed by atoms with van der Waals surface area (Å²) in [6.07, 6.45) is 1.55. The van der Waals surface area contributed by atoms with Crippen molar-refractivity contribution in [2.24, 2.45) is 5.73 Å². The molecule has 0 aliphatic carbocycles. The molecule has 0 atom stereocenters. The number of amides is 1. The number of sulfonamides is 1. The molecule has 1 aromatic carbocycles. The first-order valence-electron chi connectivity index (χ1n) is 7.75. The number of aromatic nitrogens is 1. The van der Waals surface area contributed by atoms with E-state index in [1.807, 2.05) is 4.90 Å². The van der Waals surface area contributed by atoms with Gasteiger partial charge in [0.2, 0.25) is 10.0 Å². The third kappa shape index (κ3) is 3.50. The van der Waals surface area contributed by atoms with E-state index in [1.165, 1.54) is 10.4 Å². The van der Waals surface area contributed by atoms with Gasteiger partial charge in [-0.15, -0.1) is 0 Å². The van der Waals surface area contributed by atoms with Gasteiger partial charge < -0.3 is 10.6 Å². The molecule has 0 saturated carbocycles. The summed E-state index contributed by atoms with van der Waals surface area (Å²) in [5, 5.41) is -0.246. The number of benzene rings is 1. The van der Waals surface area contributed by atoms with Crippen molar-refractivity contribution in [2.45, 2.75) is 4.90 Å². The summed E-state index contributed by atoms with van der Waals surface area (Å²) < 4.78 is 40.0. The number of rotatable bonds is 4. The van der Waals surface area contributed by atoms with Crippen LogP contribution in [-0.4, -0.2) is 49.8 Å². The Bertz CT molecular complexity index is 946. The molecule has 2 heterocycles. The minimum absolute atomic E-state index is 0.0620. The summed E-state index contributed by atoms with van der Waals surface area (Å²) in [7, 11) is -3.79. The predicted octanol–water partition coefficient (Wildman–Crippen LogP) is 1.48. The maximum atomic E-state index is 13.3. The molecule has 1 fully saturated rings. The van der Waals surface area contributed by atoms with E-state index >= 15 is 0 Å². The summed E-state index contributed by atoms with van der Waals surface area (Å²) in [5.74, 6) is -0.837. The van der Waals surface area contributed by atoms with Gasteiger partial charge in [-0.1, -0.05) is 11.6 Å². The Labute approximate surface area is 155 Å². The lowest BCUT2D eigenvalue weighted by molar-refractivity contribution is 0.1000. The van der Waals surface area contributed by atoms with E-state index in [4.69, 9.17) is 17.3 Å². The highest BCUT2D eigenvalue weighted by atomic mass is 35.5. The quantitative estimate of drug-likeness (QED) is 0.841. The Morgan fingerprint density at radius 1 is 1.19 bits per heavy atom. The number of hydrogen-bond donors (Lipinski definition) is 1. The van der Waals surface area contributed by atoms with Gasteiger partial charge in [-0.3, -0.25) is 4.79 Å². The zero-order valence-corrected chi connectivity index (χ0v) is 15.2. The minimum Gasteiger partial charge on any atom is -0.365 e. The van der Waals surface area contributed by atoms with E-state index in [2.05, 4.69) is 4.98 Å². The highest BCUT2D eigenvalue weighted by molar-refractivity contribution is 7.89. The maximum absolute atomic E-state index is 13.3. The van der Waals surface area contributed by atoms with Crippen LogP contribution in [0.3, 0.4) is 0 Å². The van der Waals surface area contributed by atoms with Crippen LogP contribution >= 0.6 is 11.6 Å². The van der Waals surface area contributed by atoms with Gasteiger partial charge in [0.15, 0.2) is 0 Å². The molecule has 1 amide bonds. The second-order valence-electron chi connectivity index (χ2n) is 5.71. The molecule has 0 bridgehead atoms. The van der Waals surface area contributed by atoms with Crippen LogP contribution in [0, 0.1) is 5.82 Å². The fourth-order valence-electron chi connectivity index (χ4n) is 2.77. The minimum atomic E-state index is -3.79. The van der Waals surface area contributed by atoms with Crippen LogP contribution in [-0.2, 0) is 10.0 Å². The molecule has 2 aromatic rings. The Balaban J connectivity index is 1.78. The lowest BCUT2D eigenvalue weighted by Gasteiger charge is -2.35. The van der Waals surface area contributed by atoms with Crippen LogP contribution in [0.2, 0.25) is 5.02 Å². The van der Waals surface area contributed by atoms with Crippen molar-refractivity contribution in [2.75, 3.05) is 31.1 Å². The Kier molecular flexibility index (Phi) is 5.12. The van der Waals surface area contributed by atoms with E-state index < -0.39 is 21.7 Å². The molecule has 1 aliphatic rings. The van der Waals surface area contributed by atoms with Crippen LogP contribution in [0.25, 0.3) is 0 Å². The lowest BCUT2D eigenvalue weighted by atomic mass is 10.2. The van der Waals surface area contributed by atoms with Crippen molar-refractivity contribution in [1.82, 2.24) is 9.29 Å². The van der Waals surface area contributed by atoms with Crippen molar-refractivity contribution < 1.29 is 17.6 Å². The molecule has 1 aliphatic heterocycles. The summed E-state index contributed by atoms with van der Waals surface area (Å²) in [6, 6.07) is 6.50. The molecule has 138 valence electrons. The Morgan fingerprint density at radius 3 is 2.50 bits per heavy atom. The van der Waals surface area contributed by atoms with Gasteiger partial charge >= 0.3 is 0 Å². The predicted molar refractivity (Wildman–Crippen MR) is 95.1 cm³/mol. The molecule has 2 N–H and O–H groups in total. The Hall–Kier alpha value is -2.23. The van der Waals surface area contributed by atoms with Crippen LogP contribution in [0.1, 0.15) is 10.4 Å². The highest BCUT2D eigenvalue weighted by Crippen LogP contribution is 2.25. The van der Waals surface area contributed by atoms with Gasteiger partial charge in [0.25, 0.3) is 5.91 Å². The van der Waals surface area contributed by atoms with Gasteiger partial charge in [-0.25, -0.2) is 17.8 Å². The molecule has 7 nitrogen and oxygen atoms in total. The Morgan fingerprint density at radius 2 is 1.88 bits per heavy atom. The topological polar surface area (TPSA) is 96.6 Å². The fraction of sp³-hybridized carbons (Fsp3) is 0.250. The van der Waals surface area contributed by atoms with E-state index in [0.717, 1.165) is 12.1 Å². The first kappa shape index (κ1) is 18.6. The molecule has 0 unspecified atom stereocenters. The smallest absolute Gasteiger partial charge is 0.252 e. The second-order valence-corrected chi connectivity index (χ2v) is 8.05. The van der Waals surface area contributed by atoms with E-state index in [9.17, 15) is 17.6 Å². The summed E-state index contributed by atoms with van der Waals surface area (Å²) >= 11 is 5.69. The number of piperazine rings is 1. The summed E-state index contributed by atoms with van der Waals surface area (Å²) in [4.78, 5) is 17.5. The molecule has 0 spiro atoms. The largest absolute Gasteiger partial charge is 0.365 e. The van der Waals surface area contributed by atoms with Gasteiger partial charge in [0.05, 0.1) is 15.5 Å². The van der Waals surface area contributed by atoms with Crippen LogP contribution in [0.4, 0.5) is 10.2 Å². The molecule has 10 heteroatoms. The van der Waals surface area contributed by atoms with Crippen molar-refractivity contribution >= 4 is 33.3 Å². The maximum Gasteiger partial charge on any atom is 0.252 e. The molecule has 26 heavy (non-hydrogen) atoms. The normalized spacial score (nSPS) is 15.8. The number of hydrogen-bond acceptors (Lipinski definition) is 5. The third-order valence-electron chi connectivity index (χ3n) is 4.12. The van der Waals surface area contributed by atoms with Gasteiger partial charge in [-0.05, 0) is 30.3 Å². The van der Waals surface area contributed by atoms with Crippen molar-refractivity contribution in [3.8, 4) is 0 Å². The first-order chi connectivity index (χ1) is 12.3. The molecule has 1 aromatic heterocycles. The standard InChI is InChI=1S/C16H16ClFN4O3S/c17-13-10-11(3-4-14(13)18)26(24,25)22-8-6-21(7-9-22)16-12(15(19)23)2-1-5-20-16/h1-5,10H,6-9H2,(H2,19,23). The monoisotopic (exact) mass is 398 g/mol. The SMILES string of the molecule is NC(=O)c1cccnc1N1CCN(S(=O)(=O)c2ccc(F)c(Cl)c2)CC1. The zero-order valence-electron chi connectivity index (χ0n) is 13.6. The fourth-order valence-corrected chi connectivity index (χ4v) is 4.46. The lowest BCUT2D eigenvalue weighted by Crippen LogP contribution is -2.49. The van der Waals surface area contributed by atoms with Gasteiger partial charge in [0, 0.05) is 32.4 Å². The van der Waals surface area contributed by atoms with E-state index in [1.54, 1.807) is 18.3 Å². The number of nitrogens with zero attached hydrogens (tertiary/aromatic N) is 3. The van der Waals surface area contributed by atoms with E-state index in [-0.39, 0.29) is 28.6 Å². The molecule has 3 rings (SSSR count). The second kappa shape index (κ2) is 7.18. The van der Waals surface area contributed by atoms with Crippen LogP contribution in [0.5, 0.6) is 0 Å². The summed E-state index contributed by atoms with van der Waals surface area (Å²) in [5.41, 5.74) is 5.65. The van der Waals surface area contributed by atoms with E-state index in [0.29, 0.717) is 18.9 Å². The highest BCUT2D eigenvalue weighted by Gasteiger charge is 2.30. The zero-order chi connectivity index (χ0) is 18.9. The molecular formula is C16H16ClFN4O3S. The number of pyridine rings is 1. The number of anilines is 1. The number of primary amides is 1. The number of halogens is 2. The van der Waals surface area contributed by atoms with Crippen LogP contribution < -0.4 is 10.6 Å².